The molecule has 0 spiro atoms. The van der Waals surface area contributed by atoms with E-state index in [1.165, 1.54) is 30.5 Å². The highest BCUT2D eigenvalue weighted by Gasteiger charge is 2.26. The second-order valence-electron chi connectivity index (χ2n) is 6.21. The number of aryl methyl sites for hydroxylation is 1. The van der Waals surface area contributed by atoms with Crippen molar-refractivity contribution in [1.82, 2.24) is 19.8 Å². The summed E-state index contributed by atoms with van der Waals surface area (Å²) in [5, 5.41) is 0. The number of aromatic nitrogens is 2. The first kappa shape index (κ1) is 13.8. The molecule has 0 bridgehead atoms. The van der Waals surface area contributed by atoms with Crippen LogP contribution >= 0.6 is 0 Å². The van der Waals surface area contributed by atoms with Crippen molar-refractivity contribution < 1.29 is 0 Å². The molecule has 1 fully saturated rings. The van der Waals surface area contributed by atoms with E-state index in [0.717, 1.165) is 38.3 Å². The predicted molar refractivity (Wildman–Crippen MR) is 80.6 cm³/mol. The molecule has 0 amide bonds. The molecule has 1 atom stereocenters. The van der Waals surface area contributed by atoms with Gasteiger partial charge in [0.15, 0.2) is 0 Å². The molecule has 5 nitrogen and oxygen atoms in total. The molecule has 1 aliphatic heterocycles. The number of nitrogens with zero attached hydrogens (tertiary/aromatic N) is 4. The molecule has 1 unspecified atom stereocenters. The zero-order valence-electron chi connectivity index (χ0n) is 12.6. The van der Waals surface area contributed by atoms with Crippen LogP contribution in [0.5, 0.6) is 0 Å². The SMILES string of the molecule is CN1CCCN(C)C(c2nc(N)c3c(n2)CCCC3)C1. The highest BCUT2D eigenvalue weighted by Crippen LogP contribution is 2.27. The molecule has 2 N–H and O–H groups in total. The Morgan fingerprint density at radius 3 is 2.70 bits per heavy atom. The fourth-order valence-electron chi connectivity index (χ4n) is 3.34. The fourth-order valence-corrected chi connectivity index (χ4v) is 3.34. The van der Waals surface area contributed by atoms with Crippen molar-refractivity contribution in [2.24, 2.45) is 0 Å². The number of fused-ring (bicyclic) bond motifs is 1. The van der Waals surface area contributed by atoms with Crippen LogP contribution in [0.2, 0.25) is 0 Å². The third-order valence-electron chi connectivity index (χ3n) is 4.60. The Labute approximate surface area is 121 Å². The summed E-state index contributed by atoms with van der Waals surface area (Å²) >= 11 is 0. The van der Waals surface area contributed by atoms with Gasteiger partial charge in [-0.1, -0.05) is 0 Å². The summed E-state index contributed by atoms with van der Waals surface area (Å²) in [6, 6.07) is 0.261. The van der Waals surface area contributed by atoms with Gasteiger partial charge in [0.1, 0.15) is 11.6 Å². The van der Waals surface area contributed by atoms with Crippen molar-refractivity contribution in [2.45, 2.75) is 38.1 Å². The summed E-state index contributed by atoms with van der Waals surface area (Å²) in [6.45, 7) is 3.21. The van der Waals surface area contributed by atoms with Crippen molar-refractivity contribution in [3.05, 3.63) is 17.1 Å². The third kappa shape index (κ3) is 2.65. The van der Waals surface area contributed by atoms with Crippen LogP contribution in [0.4, 0.5) is 5.82 Å². The molecule has 1 aromatic heterocycles. The minimum absolute atomic E-state index is 0.261. The van der Waals surface area contributed by atoms with E-state index in [9.17, 15) is 0 Å². The number of hydrogen-bond donors (Lipinski definition) is 1. The molecular weight excluding hydrogens is 250 g/mol. The van der Waals surface area contributed by atoms with Crippen LogP contribution in [0.3, 0.4) is 0 Å². The number of likely N-dealkylation sites (N-methyl/N-ethyl adjacent to an activating group) is 2. The van der Waals surface area contributed by atoms with E-state index in [1.807, 2.05) is 0 Å². The Morgan fingerprint density at radius 2 is 1.85 bits per heavy atom. The van der Waals surface area contributed by atoms with Gasteiger partial charge in [-0.05, 0) is 59.3 Å². The Hall–Kier alpha value is -1.20. The van der Waals surface area contributed by atoms with Crippen LogP contribution in [-0.4, -0.2) is 53.5 Å². The molecule has 1 aromatic rings. The van der Waals surface area contributed by atoms with E-state index >= 15 is 0 Å². The number of anilines is 1. The molecule has 20 heavy (non-hydrogen) atoms. The normalized spacial score (nSPS) is 25.2. The van der Waals surface area contributed by atoms with Gasteiger partial charge in [-0.15, -0.1) is 0 Å². The molecule has 3 rings (SSSR count). The predicted octanol–water partition coefficient (Wildman–Crippen LogP) is 1.25. The van der Waals surface area contributed by atoms with E-state index in [2.05, 4.69) is 28.9 Å². The summed E-state index contributed by atoms with van der Waals surface area (Å²) in [5.74, 6) is 1.63. The zero-order chi connectivity index (χ0) is 14.1. The fraction of sp³-hybridized carbons (Fsp3) is 0.733. The molecule has 0 aromatic carbocycles. The summed E-state index contributed by atoms with van der Waals surface area (Å²) in [6.07, 6.45) is 5.74. The van der Waals surface area contributed by atoms with Crippen molar-refractivity contribution in [1.29, 1.82) is 0 Å². The first-order chi connectivity index (χ1) is 9.65. The van der Waals surface area contributed by atoms with E-state index in [0.29, 0.717) is 5.82 Å². The van der Waals surface area contributed by atoms with Crippen LogP contribution in [0.25, 0.3) is 0 Å². The van der Waals surface area contributed by atoms with Gasteiger partial charge in [0.05, 0.1) is 6.04 Å². The highest BCUT2D eigenvalue weighted by molar-refractivity contribution is 5.43. The average Bonchev–Trinajstić information content (AvgIpc) is 2.60. The molecule has 2 heterocycles. The van der Waals surface area contributed by atoms with Crippen molar-refractivity contribution >= 4 is 5.82 Å². The minimum atomic E-state index is 0.261. The van der Waals surface area contributed by atoms with Crippen molar-refractivity contribution in [2.75, 3.05) is 39.5 Å². The van der Waals surface area contributed by atoms with Crippen molar-refractivity contribution in [3.8, 4) is 0 Å². The van der Waals surface area contributed by atoms with Gasteiger partial charge in [-0.3, -0.25) is 4.90 Å². The first-order valence-electron chi connectivity index (χ1n) is 7.69. The number of hydrogen-bond acceptors (Lipinski definition) is 5. The molecular formula is C15H25N5. The van der Waals surface area contributed by atoms with E-state index in [1.54, 1.807) is 0 Å². The van der Waals surface area contributed by atoms with Crippen molar-refractivity contribution in [3.63, 3.8) is 0 Å². The monoisotopic (exact) mass is 275 g/mol. The van der Waals surface area contributed by atoms with Gasteiger partial charge < -0.3 is 10.6 Å². The number of rotatable bonds is 1. The molecule has 0 radical (unpaired) electrons. The second kappa shape index (κ2) is 5.66. The molecule has 5 heteroatoms. The number of nitrogens with two attached hydrogens (primary N) is 1. The number of nitrogen functional groups attached to an aromatic ring is 1. The summed E-state index contributed by atoms with van der Waals surface area (Å²) in [7, 11) is 4.34. The topological polar surface area (TPSA) is 58.3 Å². The molecule has 110 valence electrons. The van der Waals surface area contributed by atoms with Gasteiger partial charge >= 0.3 is 0 Å². The Balaban J connectivity index is 1.94. The van der Waals surface area contributed by atoms with Gasteiger partial charge in [-0.25, -0.2) is 9.97 Å². The molecule has 0 saturated carbocycles. The largest absolute Gasteiger partial charge is 0.383 e. The van der Waals surface area contributed by atoms with Gasteiger partial charge in [0, 0.05) is 17.8 Å². The van der Waals surface area contributed by atoms with Gasteiger partial charge in [0.2, 0.25) is 0 Å². The Morgan fingerprint density at radius 1 is 1.05 bits per heavy atom. The molecule has 1 aliphatic carbocycles. The van der Waals surface area contributed by atoms with Crippen LogP contribution in [0, 0.1) is 0 Å². The van der Waals surface area contributed by atoms with Gasteiger partial charge in [0.25, 0.3) is 0 Å². The first-order valence-corrected chi connectivity index (χ1v) is 7.69. The summed E-state index contributed by atoms with van der Waals surface area (Å²) in [4.78, 5) is 14.2. The van der Waals surface area contributed by atoms with Crippen LogP contribution < -0.4 is 5.73 Å². The van der Waals surface area contributed by atoms with Crippen LogP contribution in [0.1, 0.15) is 42.4 Å². The van der Waals surface area contributed by atoms with Gasteiger partial charge in [-0.2, -0.15) is 0 Å². The van der Waals surface area contributed by atoms with E-state index in [4.69, 9.17) is 10.7 Å². The maximum Gasteiger partial charge on any atom is 0.149 e. The zero-order valence-corrected chi connectivity index (χ0v) is 12.6. The Kier molecular flexibility index (Phi) is 3.89. The lowest BCUT2D eigenvalue weighted by molar-refractivity contribution is 0.219. The maximum atomic E-state index is 6.18. The van der Waals surface area contributed by atoms with E-state index < -0.39 is 0 Å². The van der Waals surface area contributed by atoms with E-state index in [-0.39, 0.29) is 6.04 Å². The highest BCUT2D eigenvalue weighted by atomic mass is 15.2. The lowest BCUT2D eigenvalue weighted by Crippen LogP contribution is -2.32. The lowest BCUT2D eigenvalue weighted by atomic mass is 9.96. The second-order valence-corrected chi connectivity index (χ2v) is 6.21. The summed E-state index contributed by atoms with van der Waals surface area (Å²) < 4.78 is 0. The quantitative estimate of drug-likeness (QED) is 0.836. The maximum absolute atomic E-state index is 6.18. The van der Waals surface area contributed by atoms with Crippen LogP contribution in [-0.2, 0) is 12.8 Å². The Bertz CT molecular complexity index is 487. The molecule has 2 aliphatic rings. The lowest BCUT2D eigenvalue weighted by Gasteiger charge is -2.27. The van der Waals surface area contributed by atoms with Crippen LogP contribution in [0.15, 0.2) is 0 Å². The molecule has 1 saturated heterocycles. The minimum Gasteiger partial charge on any atom is -0.383 e. The third-order valence-corrected chi connectivity index (χ3v) is 4.60. The standard InChI is InChI=1S/C15H25N5/c1-19-8-5-9-20(2)13(10-19)15-17-12-7-4-3-6-11(12)14(16)18-15/h13H,3-10H2,1-2H3,(H2,16,17,18). The smallest absolute Gasteiger partial charge is 0.149 e. The summed E-state index contributed by atoms with van der Waals surface area (Å²) in [5.41, 5.74) is 8.58. The average molecular weight is 275 g/mol.